The van der Waals surface area contributed by atoms with Crippen molar-refractivity contribution in [1.82, 2.24) is 15.5 Å². The third-order valence-corrected chi connectivity index (χ3v) is 2.24. The van der Waals surface area contributed by atoms with Crippen molar-refractivity contribution in [2.24, 2.45) is 0 Å². The maximum atomic E-state index is 11.7. The number of hydrogen-bond donors (Lipinski definition) is 4. The van der Waals surface area contributed by atoms with Crippen LogP contribution in [0.15, 0.2) is 35.1 Å². The van der Waals surface area contributed by atoms with Crippen LogP contribution >= 0.6 is 0 Å². The van der Waals surface area contributed by atoms with E-state index in [0.717, 1.165) is 6.07 Å². The summed E-state index contributed by atoms with van der Waals surface area (Å²) in [6, 6.07) is 7.16. The first-order chi connectivity index (χ1) is 8.56. The van der Waals surface area contributed by atoms with Crippen molar-refractivity contribution in [1.29, 1.82) is 0 Å². The highest BCUT2D eigenvalue weighted by Gasteiger charge is 2.13. The quantitative estimate of drug-likeness (QED) is 0.435. The van der Waals surface area contributed by atoms with Crippen LogP contribution in [-0.4, -0.2) is 22.0 Å². The predicted molar refractivity (Wildman–Crippen MR) is 64.1 cm³/mol. The first-order valence-electron chi connectivity index (χ1n) is 5.05. The molecule has 1 aromatic heterocycles. The van der Waals surface area contributed by atoms with Crippen molar-refractivity contribution in [3.05, 3.63) is 51.9 Å². The second-order valence-corrected chi connectivity index (χ2v) is 3.58. The highest BCUT2D eigenvalue weighted by atomic mass is 16.2. The molecule has 2 aromatic rings. The molecule has 0 atom stereocenters. The normalized spacial score (nSPS) is 10.0. The molecule has 0 aliphatic heterocycles. The van der Waals surface area contributed by atoms with E-state index in [0.29, 0.717) is 11.3 Å². The summed E-state index contributed by atoms with van der Waals surface area (Å²) in [5.74, 6) is -1.25. The Morgan fingerprint density at radius 3 is 2.28 bits per heavy atom. The second kappa shape index (κ2) is 4.58. The van der Waals surface area contributed by atoms with Gasteiger partial charge in [0.25, 0.3) is 17.4 Å². The Kier molecular flexibility index (Phi) is 2.96. The number of carbonyl (C=O) groups is 2. The summed E-state index contributed by atoms with van der Waals surface area (Å²) in [6.07, 6.45) is 0. The molecule has 0 saturated carbocycles. The fourth-order valence-electron chi connectivity index (χ4n) is 1.33. The zero-order valence-electron chi connectivity index (χ0n) is 9.19. The minimum absolute atomic E-state index is 0.0104. The molecule has 0 aliphatic carbocycles. The van der Waals surface area contributed by atoms with Gasteiger partial charge in [0.05, 0.1) is 0 Å². The number of nitrogens with two attached hydrogens (primary N) is 1. The average Bonchev–Trinajstić information content (AvgIpc) is 2.76. The van der Waals surface area contributed by atoms with Crippen molar-refractivity contribution >= 4 is 17.5 Å². The maximum Gasteiger partial charge on any atom is 0.276 e. The van der Waals surface area contributed by atoms with Crippen molar-refractivity contribution in [3.63, 3.8) is 0 Å². The number of H-pyrrole nitrogens is 2. The van der Waals surface area contributed by atoms with E-state index in [2.05, 4.69) is 15.5 Å². The van der Waals surface area contributed by atoms with Crippen LogP contribution in [0, 0.1) is 0 Å². The number of hydrogen-bond acceptors (Lipinski definition) is 4. The van der Waals surface area contributed by atoms with Crippen LogP contribution < -0.4 is 16.6 Å². The number of imide groups is 1. The van der Waals surface area contributed by atoms with Gasteiger partial charge in [0.15, 0.2) is 0 Å². The van der Waals surface area contributed by atoms with Crippen LogP contribution in [-0.2, 0) is 0 Å². The first kappa shape index (κ1) is 11.6. The molecule has 7 nitrogen and oxygen atoms in total. The molecule has 5 N–H and O–H groups in total. The lowest BCUT2D eigenvalue weighted by molar-refractivity contribution is 0.0846. The Morgan fingerprint density at radius 2 is 1.72 bits per heavy atom. The van der Waals surface area contributed by atoms with Gasteiger partial charge < -0.3 is 5.73 Å². The molecule has 7 heteroatoms. The number of nitrogens with one attached hydrogen (secondary N) is 3. The minimum atomic E-state index is -0.685. The summed E-state index contributed by atoms with van der Waals surface area (Å²) in [4.78, 5) is 34.1. The fourth-order valence-corrected chi connectivity index (χ4v) is 1.33. The average molecular weight is 246 g/mol. The molecule has 1 heterocycles. The van der Waals surface area contributed by atoms with Crippen LogP contribution in [0.2, 0.25) is 0 Å². The fraction of sp³-hybridized carbons (Fsp3) is 0. The Labute approximate surface area is 101 Å². The van der Waals surface area contributed by atoms with E-state index >= 15 is 0 Å². The van der Waals surface area contributed by atoms with Gasteiger partial charge in [0.2, 0.25) is 0 Å². The van der Waals surface area contributed by atoms with Gasteiger partial charge in [-0.05, 0) is 24.3 Å². The Bertz CT molecular complexity index is 639. The van der Waals surface area contributed by atoms with Crippen molar-refractivity contribution < 1.29 is 9.59 Å². The van der Waals surface area contributed by atoms with E-state index in [1.54, 1.807) is 12.1 Å². The number of anilines is 1. The molecule has 1 aromatic carbocycles. The summed E-state index contributed by atoms with van der Waals surface area (Å²) in [6.45, 7) is 0. The lowest BCUT2D eigenvalue weighted by atomic mass is 10.2. The van der Waals surface area contributed by atoms with E-state index < -0.39 is 17.4 Å². The van der Waals surface area contributed by atoms with Crippen LogP contribution in [0.5, 0.6) is 0 Å². The lowest BCUT2D eigenvalue weighted by Crippen LogP contribution is -2.30. The molecule has 0 saturated heterocycles. The molecule has 0 bridgehead atoms. The summed E-state index contributed by atoms with van der Waals surface area (Å²) in [5.41, 5.74) is 5.85. The minimum Gasteiger partial charge on any atom is -0.399 e. The summed E-state index contributed by atoms with van der Waals surface area (Å²) < 4.78 is 0. The number of rotatable bonds is 2. The number of benzene rings is 1. The van der Waals surface area contributed by atoms with Gasteiger partial charge in [0, 0.05) is 17.3 Å². The molecule has 0 radical (unpaired) electrons. The number of amides is 2. The van der Waals surface area contributed by atoms with Crippen LogP contribution in [0.25, 0.3) is 0 Å². The predicted octanol–water partition coefficient (Wildman–Crippen LogP) is -0.145. The summed E-state index contributed by atoms with van der Waals surface area (Å²) in [7, 11) is 0. The topological polar surface area (TPSA) is 121 Å². The van der Waals surface area contributed by atoms with Crippen LogP contribution in [0.3, 0.4) is 0 Å². The maximum absolute atomic E-state index is 11.7. The highest BCUT2D eigenvalue weighted by molar-refractivity contribution is 6.09. The zero-order valence-corrected chi connectivity index (χ0v) is 9.19. The van der Waals surface area contributed by atoms with Gasteiger partial charge in [-0.1, -0.05) is 0 Å². The standard InChI is InChI=1S/C11H10N4O3/c12-7-3-1-6(2-4-7)10(17)13-11(18)8-5-9(16)15-14-8/h1-5H,12H2,(H,13,17,18)(H2,14,15,16). The number of nitrogen functional groups attached to an aromatic ring is 1. The van der Waals surface area contributed by atoms with E-state index in [1.165, 1.54) is 12.1 Å². The number of aromatic amines is 2. The van der Waals surface area contributed by atoms with Crippen LogP contribution in [0.4, 0.5) is 5.69 Å². The monoisotopic (exact) mass is 246 g/mol. The Morgan fingerprint density at radius 1 is 1.06 bits per heavy atom. The summed E-state index contributed by atoms with van der Waals surface area (Å²) in [5, 5.41) is 6.69. The van der Waals surface area contributed by atoms with Crippen molar-refractivity contribution in [2.45, 2.75) is 0 Å². The van der Waals surface area contributed by atoms with Gasteiger partial charge in [-0.3, -0.25) is 29.9 Å². The Hall–Kier alpha value is -2.83. The molecule has 2 rings (SSSR count). The second-order valence-electron chi connectivity index (χ2n) is 3.58. The van der Waals surface area contributed by atoms with E-state index in [4.69, 9.17) is 5.73 Å². The third kappa shape index (κ3) is 2.46. The van der Waals surface area contributed by atoms with E-state index in [1.807, 2.05) is 0 Å². The number of aromatic nitrogens is 2. The highest BCUT2D eigenvalue weighted by Crippen LogP contribution is 2.05. The molecular formula is C11H10N4O3. The molecule has 0 aliphatic rings. The molecule has 0 unspecified atom stereocenters. The Balaban J connectivity index is 2.10. The van der Waals surface area contributed by atoms with E-state index in [9.17, 15) is 14.4 Å². The van der Waals surface area contributed by atoms with Crippen LogP contribution in [0.1, 0.15) is 20.8 Å². The SMILES string of the molecule is Nc1ccc(C(=O)NC(=O)c2cc(=O)[nH][nH]2)cc1. The molecule has 0 fully saturated rings. The zero-order chi connectivity index (χ0) is 13.1. The molecule has 2 amide bonds. The van der Waals surface area contributed by atoms with Crippen molar-refractivity contribution in [3.8, 4) is 0 Å². The molecule has 0 spiro atoms. The molecule has 92 valence electrons. The van der Waals surface area contributed by atoms with Gasteiger partial charge in [0.1, 0.15) is 5.69 Å². The first-order valence-corrected chi connectivity index (χ1v) is 5.05. The van der Waals surface area contributed by atoms with Gasteiger partial charge in [-0.25, -0.2) is 0 Å². The van der Waals surface area contributed by atoms with Crippen molar-refractivity contribution in [2.75, 3.05) is 5.73 Å². The smallest absolute Gasteiger partial charge is 0.276 e. The van der Waals surface area contributed by atoms with Gasteiger partial charge in [-0.2, -0.15) is 0 Å². The third-order valence-electron chi connectivity index (χ3n) is 2.24. The lowest BCUT2D eigenvalue weighted by Gasteiger charge is -2.02. The molecular weight excluding hydrogens is 236 g/mol. The number of carbonyl (C=O) groups excluding carboxylic acids is 2. The van der Waals surface area contributed by atoms with Gasteiger partial charge >= 0.3 is 0 Å². The van der Waals surface area contributed by atoms with E-state index in [-0.39, 0.29) is 5.69 Å². The molecule has 18 heavy (non-hydrogen) atoms. The van der Waals surface area contributed by atoms with Gasteiger partial charge in [-0.15, -0.1) is 0 Å². The summed E-state index contributed by atoms with van der Waals surface area (Å²) >= 11 is 0. The largest absolute Gasteiger partial charge is 0.399 e.